The van der Waals surface area contributed by atoms with Gasteiger partial charge in [-0.05, 0) is 19.1 Å². The first-order valence-corrected chi connectivity index (χ1v) is 5.10. The van der Waals surface area contributed by atoms with Crippen LogP contribution in [-0.4, -0.2) is 7.11 Å². The van der Waals surface area contributed by atoms with Crippen LogP contribution in [0.5, 0.6) is 5.75 Å². The fourth-order valence-electron chi connectivity index (χ4n) is 1.66. The maximum atomic E-state index is 12.8. The molecule has 0 spiro atoms. The average Bonchev–Trinajstić information content (AvgIpc) is 2.24. The highest BCUT2D eigenvalue weighted by Gasteiger charge is 2.40. The van der Waals surface area contributed by atoms with Crippen molar-refractivity contribution >= 4 is 0 Å². The Morgan fingerprint density at radius 3 is 1.89 bits per heavy atom. The molecule has 1 atom stereocenters. The minimum absolute atomic E-state index is 0.0429. The van der Waals surface area contributed by atoms with Crippen molar-refractivity contribution in [1.82, 2.24) is 0 Å². The van der Waals surface area contributed by atoms with E-state index in [0.29, 0.717) is 6.07 Å². The minimum atomic E-state index is -4.95. The second-order valence-corrected chi connectivity index (χ2v) is 3.92. The zero-order valence-corrected chi connectivity index (χ0v) is 9.99. The lowest BCUT2D eigenvalue weighted by atomic mass is 9.97. The van der Waals surface area contributed by atoms with Gasteiger partial charge in [-0.3, -0.25) is 0 Å². The van der Waals surface area contributed by atoms with Crippen molar-refractivity contribution in [3.05, 3.63) is 28.8 Å². The number of rotatable bonds is 2. The number of hydrogen-bond acceptors (Lipinski definition) is 2. The summed E-state index contributed by atoms with van der Waals surface area (Å²) in [4.78, 5) is 0. The third kappa shape index (κ3) is 3.31. The lowest BCUT2D eigenvalue weighted by molar-refractivity contribution is -0.143. The molecule has 0 aliphatic carbocycles. The summed E-state index contributed by atoms with van der Waals surface area (Å²) in [6, 6.07) is -0.566. The summed E-state index contributed by atoms with van der Waals surface area (Å²) in [7, 11) is 0.988. The summed E-state index contributed by atoms with van der Waals surface area (Å²) in [6.45, 7) is 1.24. The van der Waals surface area contributed by atoms with Gasteiger partial charge in [0.1, 0.15) is 5.75 Å². The van der Waals surface area contributed by atoms with Gasteiger partial charge in [0.2, 0.25) is 0 Å². The number of alkyl halides is 6. The molecule has 1 rings (SSSR count). The molecule has 0 aromatic heterocycles. The molecule has 0 heterocycles. The Hall–Kier alpha value is -1.44. The van der Waals surface area contributed by atoms with Gasteiger partial charge in [-0.25, -0.2) is 0 Å². The summed E-state index contributed by atoms with van der Waals surface area (Å²) < 4.78 is 80.7. The van der Waals surface area contributed by atoms with Gasteiger partial charge in [-0.2, -0.15) is 26.3 Å². The number of methoxy groups -OCH3 is 1. The van der Waals surface area contributed by atoms with Crippen LogP contribution in [0.3, 0.4) is 0 Å². The van der Waals surface area contributed by atoms with E-state index >= 15 is 0 Å². The average molecular weight is 287 g/mol. The van der Waals surface area contributed by atoms with Crippen molar-refractivity contribution in [1.29, 1.82) is 0 Å². The third-order valence-electron chi connectivity index (χ3n) is 2.45. The number of halogens is 6. The molecule has 0 unspecified atom stereocenters. The van der Waals surface area contributed by atoms with Crippen molar-refractivity contribution in [3.63, 3.8) is 0 Å². The van der Waals surface area contributed by atoms with Crippen LogP contribution in [-0.2, 0) is 12.4 Å². The smallest absolute Gasteiger partial charge is 0.416 e. The number of nitrogens with two attached hydrogens (primary N) is 1. The Morgan fingerprint density at radius 2 is 1.58 bits per heavy atom. The van der Waals surface area contributed by atoms with Gasteiger partial charge in [0, 0.05) is 11.6 Å². The number of ether oxygens (including phenoxy) is 1. The van der Waals surface area contributed by atoms with Crippen LogP contribution in [0.4, 0.5) is 26.3 Å². The van der Waals surface area contributed by atoms with E-state index in [4.69, 9.17) is 5.73 Å². The van der Waals surface area contributed by atoms with Gasteiger partial charge in [0.15, 0.2) is 0 Å². The fourth-order valence-corrected chi connectivity index (χ4v) is 1.66. The van der Waals surface area contributed by atoms with Crippen LogP contribution in [0, 0.1) is 0 Å². The Bertz CT molecular complexity index is 463. The Labute approximate surface area is 105 Å². The normalized spacial score (nSPS) is 14.4. The Balaban J connectivity index is 3.65. The zero-order valence-electron chi connectivity index (χ0n) is 9.99. The molecular formula is C11H11F6NO. The van der Waals surface area contributed by atoms with E-state index in [9.17, 15) is 26.3 Å². The van der Waals surface area contributed by atoms with Gasteiger partial charge < -0.3 is 10.5 Å². The summed E-state index contributed by atoms with van der Waals surface area (Å²) in [5.41, 5.74) is 2.02. The Kier molecular flexibility index (Phi) is 4.04. The topological polar surface area (TPSA) is 35.2 Å². The highest BCUT2D eigenvalue weighted by atomic mass is 19.4. The van der Waals surface area contributed by atoms with E-state index in [1.165, 1.54) is 6.92 Å². The summed E-state index contributed by atoms with van der Waals surface area (Å²) in [6.07, 6.45) is -9.85. The van der Waals surface area contributed by atoms with E-state index in [-0.39, 0.29) is 6.07 Å². The molecule has 0 radical (unpaired) electrons. The number of hydrogen-bond donors (Lipinski definition) is 1. The predicted octanol–water partition coefficient (Wildman–Crippen LogP) is 3.75. The first-order chi connectivity index (χ1) is 8.48. The highest BCUT2D eigenvalue weighted by Crippen LogP contribution is 2.43. The second kappa shape index (κ2) is 4.92. The van der Waals surface area contributed by atoms with Crippen molar-refractivity contribution < 1.29 is 31.1 Å². The summed E-state index contributed by atoms with van der Waals surface area (Å²) >= 11 is 0. The van der Waals surface area contributed by atoms with E-state index in [1.54, 1.807) is 0 Å². The standard InChI is InChI=1S/C11H11F6NO/c1-5(18)9-7(11(15,16)17)3-6(10(12,13)14)4-8(9)19-2/h3-5H,18H2,1-2H3/t5-/m0/s1. The highest BCUT2D eigenvalue weighted by molar-refractivity contribution is 5.47. The van der Waals surface area contributed by atoms with Crippen molar-refractivity contribution in [2.75, 3.05) is 7.11 Å². The molecule has 0 aliphatic rings. The monoisotopic (exact) mass is 287 g/mol. The van der Waals surface area contributed by atoms with Crippen LogP contribution < -0.4 is 10.5 Å². The quantitative estimate of drug-likeness (QED) is 0.841. The van der Waals surface area contributed by atoms with Crippen LogP contribution in [0.2, 0.25) is 0 Å². The maximum absolute atomic E-state index is 12.8. The van der Waals surface area contributed by atoms with Gasteiger partial charge in [0.25, 0.3) is 0 Å². The molecule has 2 N–H and O–H groups in total. The first kappa shape index (κ1) is 15.6. The van der Waals surface area contributed by atoms with E-state index in [2.05, 4.69) is 4.74 Å². The largest absolute Gasteiger partial charge is 0.496 e. The molecule has 1 aromatic carbocycles. The first-order valence-electron chi connectivity index (χ1n) is 5.10. The summed E-state index contributed by atoms with van der Waals surface area (Å²) in [5.74, 6) is -0.530. The van der Waals surface area contributed by atoms with Crippen molar-refractivity contribution in [2.45, 2.75) is 25.3 Å². The van der Waals surface area contributed by atoms with Gasteiger partial charge in [-0.15, -0.1) is 0 Å². The molecule has 0 amide bonds. The molecule has 108 valence electrons. The zero-order chi connectivity index (χ0) is 15.0. The molecule has 1 aromatic rings. The maximum Gasteiger partial charge on any atom is 0.416 e. The van der Waals surface area contributed by atoms with Gasteiger partial charge in [0.05, 0.1) is 18.2 Å². The van der Waals surface area contributed by atoms with Crippen LogP contribution in [0.25, 0.3) is 0 Å². The van der Waals surface area contributed by atoms with Crippen LogP contribution >= 0.6 is 0 Å². The molecule has 0 fully saturated rings. The fraction of sp³-hybridized carbons (Fsp3) is 0.455. The van der Waals surface area contributed by atoms with Crippen LogP contribution in [0.15, 0.2) is 12.1 Å². The molecule has 19 heavy (non-hydrogen) atoms. The lowest BCUT2D eigenvalue weighted by Gasteiger charge is -2.21. The SMILES string of the molecule is COc1cc(C(F)(F)F)cc(C(F)(F)F)c1[C@H](C)N. The molecule has 2 nitrogen and oxygen atoms in total. The Morgan fingerprint density at radius 1 is 1.05 bits per heavy atom. The van der Waals surface area contributed by atoms with Gasteiger partial charge >= 0.3 is 12.4 Å². The van der Waals surface area contributed by atoms with Crippen molar-refractivity contribution in [3.8, 4) is 5.75 Å². The second-order valence-electron chi connectivity index (χ2n) is 3.92. The van der Waals surface area contributed by atoms with E-state index in [0.717, 1.165) is 7.11 Å². The number of benzene rings is 1. The molecule has 8 heteroatoms. The van der Waals surface area contributed by atoms with Crippen molar-refractivity contribution in [2.24, 2.45) is 5.73 Å². The van der Waals surface area contributed by atoms with Crippen LogP contribution in [0.1, 0.15) is 29.7 Å². The molecule has 0 saturated heterocycles. The van der Waals surface area contributed by atoms with Gasteiger partial charge in [-0.1, -0.05) is 0 Å². The molecular weight excluding hydrogens is 276 g/mol. The minimum Gasteiger partial charge on any atom is -0.496 e. The lowest BCUT2D eigenvalue weighted by Crippen LogP contribution is -2.19. The molecule has 0 saturated carbocycles. The third-order valence-corrected chi connectivity index (χ3v) is 2.45. The summed E-state index contributed by atoms with van der Waals surface area (Å²) in [5, 5.41) is 0. The van der Waals surface area contributed by atoms with E-state index < -0.39 is 40.8 Å². The van der Waals surface area contributed by atoms with E-state index in [1.807, 2.05) is 0 Å². The molecule has 0 aliphatic heterocycles. The predicted molar refractivity (Wildman–Crippen MR) is 55.6 cm³/mol. The molecule has 0 bridgehead atoms.